The molecule has 2 rings (SSSR count). The molecule has 18 heavy (non-hydrogen) atoms. The van der Waals surface area contributed by atoms with Crippen LogP contribution in [0.4, 0.5) is 10.1 Å². The van der Waals surface area contributed by atoms with Crippen LogP contribution in [0.5, 0.6) is 0 Å². The van der Waals surface area contributed by atoms with Crippen molar-refractivity contribution in [3.05, 3.63) is 58.5 Å². The number of hydrogen-bond acceptors (Lipinski definition) is 3. The van der Waals surface area contributed by atoms with Gasteiger partial charge >= 0.3 is 5.69 Å². The van der Waals surface area contributed by atoms with E-state index in [1.807, 2.05) is 0 Å². The standard InChI is InChI=1S/C13H14FN3O/c1-10-6-8-17(13(18)16-10)9-7-15-12-5-3-2-4-11(12)14/h2-6,8,15H,7,9H2,1H3. The van der Waals surface area contributed by atoms with Gasteiger partial charge in [0.1, 0.15) is 5.82 Å². The van der Waals surface area contributed by atoms with Crippen molar-refractivity contribution >= 4 is 5.69 Å². The van der Waals surface area contributed by atoms with E-state index >= 15 is 0 Å². The number of nitrogens with zero attached hydrogens (tertiary/aromatic N) is 2. The molecule has 1 N–H and O–H groups in total. The number of benzene rings is 1. The number of nitrogens with one attached hydrogen (secondary N) is 1. The maximum atomic E-state index is 13.3. The molecular weight excluding hydrogens is 233 g/mol. The first-order valence-corrected chi connectivity index (χ1v) is 5.69. The fraction of sp³-hybridized carbons (Fsp3) is 0.231. The van der Waals surface area contributed by atoms with Gasteiger partial charge in [-0.1, -0.05) is 12.1 Å². The van der Waals surface area contributed by atoms with E-state index in [9.17, 15) is 9.18 Å². The van der Waals surface area contributed by atoms with Gasteiger partial charge in [0.15, 0.2) is 0 Å². The smallest absolute Gasteiger partial charge is 0.347 e. The van der Waals surface area contributed by atoms with Gasteiger partial charge in [0.2, 0.25) is 0 Å². The molecule has 0 unspecified atom stereocenters. The predicted octanol–water partition coefficient (Wildman–Crippen LogP) is 1.80. The molecule has 1 heterocycles. The predicted molar refractivity (Wildman–Crippen MR) is 68.1 cm³/mol. The van der Waals surface area contributed by atoms with Gasteiger partial charge in [-0.05, 0) is 25.1 Å². The van der Waals surface area contributed by atoms with Crippen LogP contribution in [-0.4, -0.2) is 16.1 Å². The van der Waals surface area contributed by atoms with Crippen LogP contribution in [0.1, 0.15) is 5.69 Å². The number of aromatic nitrogens is 2. The fourth-order valence-electron chi connectivity index (χ4n) is 1.60. The maximum absolute atomic E-state index is 13.3. The number of halogens is 1. The second-order valence-electron chi connectivity index (χ2n) is 3.95. The molecule has 0 bridgehead atoms. The number of para-hydroxylation sites is 1. The van der Waals surface area contributed by atoms with E-state index in [2.05, 4.69) is 10.3 Å². The van der Waals surface area contributed by atoms with Gasteiger partial charge in [0.05, 0.1) is 5.69 Å². The summed E-state index contributed by atoms with van der Waals surface area (Å²) in [5.74, 6) is -0.299. The summed E-state index contributed by atoms with van der Waals surface area (Å²) in [6.45, 7) is 2.68. The molecule has 0 aliphatic carbocycles. The number of anilines is 1. The average Bonchev–Trinajstić information content (AvgIpc) is 2.34. The summed E-state index contributed by atoms with van der Waals surface area (Å²) in [7, 11) is 0. The van der Waals surface area contributed by atoms with E-state index in [1.54, 1.807) is 37.4 Å². The van der Waals surface area contributed by atoms with Crippen molar-refractivity contribution in [2.75, 3.05) is 11.9 Å². The zero-order valence-electron chi connectivity index (χ0n) is 10.1. The Labute approximate surface area is 104 Å². The maximum Gasteiger partial charge on any atom is 0.347 e. The largest absolute Gasteiger partial charge is 0.381 e. The van der Waals surface area contributed by atoms with Crippen LogP contribution in [0.15, 0.2) is 41.3 Å². The average molecular weight is 247 g/mol. The molecule has 0 amide bonds. The molecule has 0 aliphatic rings. The lowest BCUT2D eigenvalue weighted by Gasteiger charge is -2.08. The summed E-state index contributed by atoms with van der Waals surface area (Å²) < 4.78 is 14.8. The van der Waals surface area contributed by atoms with Gasteiger partial charge in [-0.15, -0.1) is 0 Å². The lowest BCUT2D eigenvalue weighted by molar-refractivity contribution is 0.625. The van der Waals surface area contributed by atoms with Gasteiger partial charge in [0, 0.05) is 25.0 Å². The minimum atomic E-state index is -0.299. The van der Waals surface area contributed by atoms with Crippen molar-refractivity contribution in [1.82, 2.24) is 9.55 Å². The molecule has 0 saturated carbocycles. The molecule has 0 saturated heterocycles. The van der Waals surface area contributed by atoms with Gasteiger partial charge in [0.25, 0.3) is 0 Å². The van der Waals surface area contributed by atoms with Crippen LogP contribution in [-0.2, 0) is 6.54 Å². The quantitative estimate of drug-likeness (QED) is 0.896. The molecule has 0 fully saturated rings. The van der Waals surface area contributed by atoms with Gasteiger partial charge < -0.3 is 5.32 Å². The molecule has 94 valence electrons. The second-order valence-corrected chi connectivity index (χ2v) is 3.95. The number of rotatable bonds is 4. The Hall–Kier alpha value is -2.17. The molecule has 1 aromatic heterocycles. The highest BCUT2D eigenvalue weighted by atomic mass is 19.1. The van der Waals surface area contributed by atoms with Crippen molar-refractivity contribution in [3.63, 3.8) is 0 Å². The summed E-state index contributed by atoms with van der Waals surface area (Å²) >= 11 is 0. The molecule has 4 nitrogen and oxygen atoms in total. The topological polar surface area (TPSA) is 46.9 Å². The van der Waals surface area contributed by atoms with Crippen molar-refractivity contribution in [2.24, 2.45) is 0 Å². The molecule has 0 atom stereocenters. The van der Waals surface area contributed by atoms with Gasteiger partial charge in [-0.3, -0.25) is 4.57 Å². The van der Waals surface area contributed by atoms with E-state index in [1.165, 1.54) is 10.6 Å². The Morgan fingerprint density at radius 2 is 2.11 bits per heavy atom. The molecule has 5 heteroatoms. The highest BCUT2D eigenvalue weighted by molar-refractivity contribution is 5.44. The van der Waals surface area contributed by atoms with Crippen LogP contribution < -0.4 is 11.0 Å². The number of hydrogen-bond donors (Lipinski definition) is 1. The number of aryl methyl sites for hydroxylation is 1. The van der Waals surface area contributed by atoms with E-state index < -0.39 is 0 Å². The lowest BCUT2D eigenvalue weighted by Crippen LogP contribution is -2.25. The monoisotopic (exact) mass is 247 g/mol. The van der Waals surface area contributed by atoms with E-state index in [0.29, 0.717) is 24.5 Å². The summed E-state index contributed by atoms with van der Waals surface area (Å²) in [5.41, 5.74) is 0.842. The van der Waals surface area contributed by atoms with Crippen molar-refractivity contribution in [1.29, 1.82) is 0 Å². The molecule has 0 radical (unpaired) electrons. The zero-order chi connectivity index (χ0) is 13.0. The van der Waals surface area contributed by atoms with E-state index in [0.717, 1.165) is 0 Å². The third-order valence-electron chi connectivity index (χ3n) is 2.56. The lowest BCUT2D eigenvalue weighted by atomic mass is 10.3. The fourth-order valence-corrected chi connectivity index (χ4v) is 1.60. The minimum Gasteiger partial charge on any atom is -0.381 e. The normalized spacial score (nSPS) is 10.3. The van der Waals surface area contributed by atoms with Gasteiger partial charge in [-0.25, -0.2) is 9.18 Å². The third kappa shape index (κ3) is 2.94. The van der Waals surface area contributed by atoms with E-state index in [4.69, 9.17) is 0 Å². The summed E-state index contributed by atoms with van der Waals surface area (Å²) in [6, 6.07) is 8.21. The van der Waals surface area contributed by atoms with Crippen molar-refractivity contribution < 1.29 is 4.39 Å². The minimum absolute atomic E-state index is 0.287. The summed E-state index contributed by atoms with van der Waals surface area (Å²) in [6.07, 6.45) is 1.69. The van der Waals surface area contributed by atoms with Crippen LogP contribution in [0.2, 0.25) is 0 Å². The van der Waals surface area contributed by atoms with E-state index in [-0.39, 0.29) is 11.5 Å². The Morgan fingerprint density at radius 1 is 1.33 bits per heavy atom. The Bertz CT molecular complexity index is 595. The highest BCUT2D eigenvalue weighted by Gasteiger charge is 2.00. The van der Waals surface area contributed by atoms with Crippen molar-refractivity contribution in [3.8, 4) is 0 Å². The van der Waals surface area contributed by atoms with Crippen LogP contribution in [0.25, 0.3) is 0 Å². The molecule has 1 aromatic carbocycles. The Morgan fingerprint density at radius 3 is 2.83 bits per heavy atom. The van der Waals surface area contributed by atoms with Gasteiger partial charge in [-0.2, -0.15) is 4.98 Å². The van der Waals surface area contributed by atoms with Crippen LogP contribution >= 0.6 is 0 Å². The SMILES string of the molecule is Cc1ccn(CCNc2ccccc2F)c(=O)n1. The second kappa shape index (κ2) is 5.44. The van der Waals surface area contributed by atoms with Crippen LogP contribution in [0, 0.1) is 12.7 Å². The molecule has 0 spiro atoms. The summed E-state index contributed by atoms with van der Waals surface area (Å²) in [5, 5.41) is 2.94. The highest BCUT2D eigenvalue weighted by Crippen LogP contribution is 2.11. The Kier molecular flexibility index (Phi) is 3.72. The molecule has 2 aromatic rings. The molecular formula is C13H14FN3O. The first-order chi connectivity index (χ1) is 8.66. The third-order valence-corrected chi connectivity index (χ3v) is 2.56. The zero-order valence-corrected chi connectivity index (χ0v) is 10.1. The summed E-state index contributed by atoms with van der Waals surface area (Å²) in [4.78, 5) is 15.3. The molecule has 0 aliphatic heterocycles. The Balaban J connectivity index is 1.97. The van der Waals surface area contributed by atoms with Crippen molar-refractivity contribution in [2.45, 2.75) is 13.5 Å². The first-order valence-electron chi connectivity index (χ1n) is 5.69. The van der Waals surface area contributed by atoms with Crippen LogP contribution in [0.3, 0.4) is 0 Å². The first kappa shape index (κ1) is 12.3.